The first-order valence-corrected chi connectivity index (χ1v) is 6.50. The number of carbonyl (C=O) groups excluding carboxylic acids is 2. The van der Waals surface area contributed by atoms with Gasteiger partial charge in [0.25, 0.3) is 5.24 Å². The van der Waals surface area contributed by atoms with Gasteiger partial charge in [-0.05, 0) is 30.2 Å². The van der Waals surface area contributed by atoms with Crippen molar-refractivity contribution in [2.45, 2.75) is 19.4 Å². The lowest BCUT2D eigenvalue weighted by Gasteiger charge is -2.18. The zero-order chi connectivity index (χ0) is 13.7. The summed E-state index contributed by atoms with van der Waals surface area (Å²) in [6.45, 7) is 1.78. The molecule has 0 heterocycles. The van der Waals surface area contributed by atoms with Gasteiger partial charge < -0.3 is 5.11 Å². The van der Waals surface area contributed by atoms with Gasteiger partial charge in [-0.1, -0.05) is 19.1 Å². The van der Waals surface area contributed by atoms with Gasteiger partial charge in [-0.25, -0.2) is 0 Å². The summed E-state index contributed by atoms with van der Waals surface area (Å²) in [5, 5.41) is 9.14. The highest BCUT2D eigenvalue weighted by Gasteiger charge is 2.25. The molecule has 1 N–H and O–H groups in total. The van der Waals surface area contributed by atoms with Crippen LogP contribution in [0.2, 0.25) is 0 Å². The van der Waals surface area contributed by atoms with Crippen LogP contribution in [0, 0.1) is 5.92 Å². The highest BCUT2D eigenvalue weighted by molar-refractivity contribution is 6.67. The van der Waals surface area contributed by atoms with Gasteiger partial charge in [0.05, 0.1) is 12.0 Å². The molecule has 0 spiro atoms. The van der Waals surface area contributed by atoms with Crippen LogP contribution in [0.3, 0.4) is 0 Å². The second-order valence-corrected chi connectivity index (χ2v) is 4.60. The van der Waals surface area contributed by atoms with Gasteiger partial charge in [0.1, 0.15) is 0 Å². The second-order valence-electron chi connectivity index (χ2n) is 3.95. The molecule has 18 heavy (non-hydrogen) atoms. The first kappa shape index (κ1) is 15.2. The molecule has 1 aromatic carbocycles. The molecule has 1 aromatic rings. The monoisotopic (exact) mass is 288 g/mol. The number of carbonyl (C=O) groups is 2. The van der Waals surface area contributed by atoms with Crippen LogP contribution >= 0.6 is 23.2 Å². The number of halogens is 2. The Bertz CT molecular complexity index is 428. The number of hydrogen-bond acceptors (Lipinski definition) is 3. The third-order valence-electron chi connectivity index (χ3n) is 2.78. The Balaban J connectivity index is 2.92. The maximum Gasteiger partial charge on any atom is 0.252 e. The molecule has 0 fully saturated rings. The first-order valence-electron chi connectivity index (χ1n) is 5.59. The van der Waals surface area contributed by atoms with E-state index in [4.69, 9.17) is 23.2 Å². The number of hydrogen-bond donors (Lipinski definition) is 1. The van der Waals surface area contributed by atoms with E-state index in [2.05, 4.69) is 0 Å². The van der Waals surface area contributed by atoms with Crippen molar-refractivity contribution >= 4 is 34.2 Å². The number of aliphatic hydroxyl groups excluding tert-OH is 1. The van der Waals surface area contributed by atoms with Crippen molar-refractivity contribution in [1.29, 1.82) is 0 Å². The average Bonchev–Trinajstić information content (AvgIpc) is 2.39. The molecule has 0 amide bonds. The van der Waals surface area contributed by atoms with E-state index >= 15 is 0 Å². The quantitative estimate of drug-likeness (QED) is 0.497. The Morgan fingerprint density at radius 2 is 1.72 bits per heavy atom. The lowest BCUT2D eigenvalue weighted by Crippen LogP contribution is -2.29. The van der Waals surface area contributed by atoms with E-state index < -0.39 is 17.3 Å². The van der Waals surface area contributed by atoms with E-state index in [-0.39, 0.29) is 11.7 Å². The molecule has 0 aliphatic carbocycles. The fourth-order valence-corrected chi connectivity index (χ4v) is 2.08. The predicted molar refractivity (Wildman–Crippen MR) is 71.5 cm³/mol. The van der Waals surface area contributed by atoms with Gasteiger partial charge in [0, 0.05) is 17.0 Å². The number of Topliss-reactive ketones (excluding diaryl/α,β-unsaturated/α-hetero) is 1. The van der Waals surface area contributed by atoms with Crippen LogP contribution < -0.4 is 0 Å². The molecule has 0 radical (unpaired) electrons. The van der Waals surface area contributed by atoms with E-state index in [1.165, 1.54) is 24.3 Å². The van der Waals surface area contributed by atoms with Gasteiger partial charge in [0.2, 0.25) is 0 Å². The van der Waals surface area contributed by atoms with Gasteiger partial charge in [-0.2, -0.15) is 0 Å². The Morgan fingerprint density at radius 3 is 2.11 bits per heavy atom. The van der Waals surface area contributed by atoms with Crippen molar-refractivity contribution in [2.75, 3.05) is 5.88 Å². The van der Waals surface area contributed by atoms with Crippen LogP contribution in [0.5, 0.6) is 0 Å². The zero-order valence-electron chi connectivity index (χ0n) is 9.90. The maximum absolute atomic E-state index is 12.1. The maximum atomic E-state index is 12.1. The van der Waals surface area contributed by atoms with Gasteiger partial charge in [0.15, 0.2) is 5.78 Å². The van der Waals surface area contributed by atoms with E-state index in [0.29, 0.717) is 17.5 Å². The summed E-state index contributed by atoms with van der Waals surface area (Å²) in [4.78, 5) is 23.0. The van der Waals surface area contributed by atoms with Crippen LogP contribution in [-0.2, 0) is 0 Å². The Hall–Kier alpha value is -0.900. The average molecular weight is 289 g/mol. The van der Waals surface area contributed by atoms with Crippen molar-refractivity contribution in [2.24, 2.45) is 5.92 Å². The third kappa shape index (κ3) is 3.55. The highest BCUT2D eigenvalue weighted by atomic mass is 35.5. The molecule has 2 atom stereocenters. The summed E-state index contributed by atoms with van der Waals surface area (Å²) in [5.41, 5.74) is 0.737. The topological polar surface area (TPSA) is 54.4 Å². The Labute approximate surface area is 116 Å². The summed E-state index contributed by atoms with van der Waals surface area (Å²) in [6, 6.07) is 5.98. The number of aliphatic hydroxyl groups is 1. The number of ketones is 1. The SMILES string of the molecule is CCC(O)C(CCl)C(=O)c1ccc(C(=O)Cl)cc1. The van der Waals surface area contributed by atoms with E-state index in [9.17, 15) is 14.7 Å². The number of benzene rings is 1. The minimum absolute atomic E-state index is 0.0596. The molecule has 5 heteroatoms. The standard InChI is InChI=1S/C13H14Cl2O3/c1-2-11(16)10(7-14)12(17)8-3-5-9(6-4-8)13(15)18/h3-6,10-11,16H,2,7H2,1H3. The molecule has 3 nitrogen and oxygen atoms in total. The third-order valence-corrected chi connectivity index (χ3v) is 3.33. The van der Waals surface area contributed by atoms with Crippen LogP contribution in [0.4, 0.5) is 0 Å². The minimum Gasteiger partial charge on any atom is -0.392 e. The normalized spacial score (nSPS) is 14.0. The molecule has 98 valence electrons. The molecule has 0 aliphatic heterocycles. The van der Waals surface area contributed by atoms with Crippen molar-refractivity contribution in [1.82, 2.24) is 0 Å². The number of alkyl halides is 1. The molecular formula is C13H14Cl2O3. The molecule has 2 unspecified atom stereocenters. The van der Waals surface area contributed by atoms with Crippen molar-refractivity contribution in [3.8, 4) is 0 Å². The van der Waals surface area contributed by atoms with Crippen LogP contribution in [0.15, 0.2) is 24.3 Å². The first-order chi connectivity index (χ1) is 8.51. The fraction of sp³-hybridized carbons (Fsp3) is 0.385. The van der Waals surface area contributed by atoms with Gasteiger partial charge >= 0.3 is 0 Å². The van der Waals surface area contributed by atoms with Crippen LogP contribution in [0.1, 0.15) is 34.1 Å². The molecule has 1 rings (SSSR count). The largest absolute Gasteiger partial charge is 0.392 e. The summed E-state index contributed by atoms with van der Waals surface area (Å²) >= 11 is 11.0. The molecule has 0 saturated heterocycles. The lowest BCUT2D eigenvalue weighted by molar-refractivity contribution is 0.0712. The van der Waals surface area contributed by atoms with E-state index in [1.807, 2.05) is 0 Å². The Morgan fingerprint density at radius 1 is 1.22 bits per heavy atom. The smallest absolute Gasteiger partial charge is 0.252 e. The molecule has 0 aromatic heterocycles. The van der Waals surface area contributed by atoms with Crippen molar-refractivity contribution in [3.63, 3.8) is 0 Å². The summed E-state index contributed by atoms with van der Waals surface area (Å²) in [5.74, 6) is -0.800. The summed E-state index contributed by atoms with van der Waals surface area (Å²) in [7, 11) is 0. The molecule has 0 bridgehead atoms. The van der Waals surface area contributed by atoms with E-state index in [0.717, 1.165) is 0 Å². The predicted octanol–water partition coefficient (Wildman–Crippen LogP) is 2.87. The van der Waals surface area contributed by atoms with Gasteiger partial charge in [-0.15, -0.1) is 11.6 Å². The number of rotatable bonds is 6. The molecular weight excluding hydrogens is 275 g/mol. The Kier molecular flexibility index (Phi) is 5.79. The fourth-order valence-electron chi connectivity index (χ4n) is 1.61. The summed E-state index contributed by atoms with van der Waals surface area (Å²) in [6.07, 6.45) is -0.300. The van der Waals surface area contributed by atoms with E-state index in [1.54, 1.807) is 6.92 Å². The van der Waals surface area contributed by atoms with Crippen molar-refractivity contribution in [3.05, 3.63) is 35.4 Å². The molecule has 0 aliphatic rings. The van der Waals surface area contributed by atoms with Crippen LogP contribution in [0.25, 0.3) is 0 Å². The zero-order valence-corrected chi connectivity index (χ0v) is 11.4. The lowest BCUT2D eigenvalue weighted by atomic mass is 9.92. The highest BCUT2D eigenvalue weighted by Crippen LogP contribution is 2.17. The van der Waals surface area contributed by atoms with Gasteiger partial charge in [-0.3, -0.25) is 9.59 Å². The summed E-state index contributed by atoms with van der Waals surface area (Å²) < 4.78 is 0. The second kappa shape index (κ2) is 6.88. The van der Waals surface area contributed by atoms with Crippen LogP contribution in [-0.4, -0.2) is 28.1 Å². The minimum atomic E-state index is -0.760. The molecule has 0 saturated carbocycles. The van der Waals surface area contributed by atoms with Crippen molar-refractivity contribution < 1.29 is 14.7 Å².